The minimum absolute atomic E-state index is 0.0773. The Bertz CT molecular complexity index is 1040. The van der Waals surface area contributed by atoms with E-state index in [-0.39, 0.29) is 12.6 Å². The summed E-state index contributed by atoms with van der Waals surface area (Å²) in [5.41, 5.74) is 5.12. The van der Waals surface area contributed by atoms with E-state index in [1.54, 1.807) is 12.4 Å². The standard InChI is InChI=1S/C27H28N2O4/c1-31-26(30)19-32-25-14-6-12-23-20(10-5-13-24(23)25)15-17-33-29-27(21-8-3-2-4-9-21)22-11-7-16-28-18-22/h2-4,6-9,11-12,14,16,18,20H,5,10,13,15,17,19H2,1H3. The third-order valence-electron chi connectivity index (χ3n) is 5.86. The van der Waals surface area contributed by atoms with Gasteiger partial charge in [-0.25, -0.2) is 4.79 Å². The van der Waals surface area contributed by atoms with Crippen molar-refractivity contribution in [1.82, 2.24) is 4.98 Å². The fraction of sp³-hybridized carbons (Fsp3) is 0.296. The highest BCUT2D eigenvalue weighted by atomic mass is 16.6. The van der Waals surface area contributed by atoms with Crippen LogP contribution in [0.25, 0.3) is 0 Å². The summed E-state index contributed by atoms with van der Waals surface area (Å²) in [6.07, 6.45) is 7.51. The molecule has 0 radical (unpaired) electrons. The largest absolute Gasteiger partial charge is 0.482 e. The zero-order valence-electron chi connectivity index (χ0n) is 18.8. The number of carbonyl (C=O) groups is 1. The third kappa shape index (κ3) is 5.77. The predicted octanol–water partition coefficient (Wildman–Crippen LogP) is 4.91. The maximum absolute atomic E-state index is 11.5. The monoisotopic (exact) mass is 444 g/mol. The molecule has 0 saturated carbocycles. The van der Waals surface area contributed by atoms with Crippen LogP contribution in [0.1, 0.15) is 47.4 Å². The number of aromatic nitrogens is 1. The van der Waals surface area contributed by atoms with E-state index < -0.39 is 0 Å². The smallest absolute Gasteiger partial charge is 0.343 e. The number of nitrogens with zero attached hydrogens (tertiary/aromatic N) is 2. The number of rotatable bonds is 9. The van der Waals surface area contributed by atoms with Gasteiger partial charge in [-0.1, -0.05) is 47.6 Å². The zero-order valence-corrected chi connectivity index (χ0v) is 18.8. The highest BCUT2D eigenvalue weighted by Gasteiger charge is 2.23. The van der Waals surface area contributed by atoms with E-state index in [2.05, 4.69) is 20.9 Å². The summed E-state index contributed by atoms with van der Waals surface area (Å²) in [6, 6.07) is 19.9. The molecule has 0 spiro atoms. The first kappa shape index (κ1) is 22.5. The summed E-state index contributed by atoms with van der Waals surface area (Å²) in [5.74, 6) is 0.753. The number of esters is 1. The van der Waals surface area contributed by atoms with E-state index in [0.29, 0.717) is 12.5 Å². The quantitative estimate of drug-likeness (QED) is 0.203. The second-order valence-corrected chi connectivity index (χ2v) is 7.95. The summed E-state index contributed by atoms with van der Waals surface area (Å²) >= 11 is 0. The number of methoxy groups -OCH3 is 1. The highest BCUT2D eigenvalue weighted by Crippen LogP contribution is 2.38. The molecule has 3 aromatic rings. The van der Waals surface area contributed by atoms with Gasteiger partial charge in [0.2, 0.25) is 0 Å². The van der Waals surface area contributed by atoms with Crippen LogP contribution in [0, 0.1) is 0 Å². The van der Waals surface area contributed by atoms with Crippen molar-refractivity contribution in [3.8, 4) is 5.75 Å². The van der Waals surface area contributed by atoms with Gasteiger partial charge in [0.15, 0.2) is 6.61 Å². The molecule has 4 rings (SSSR count). The van der Waals surface area contributed by atoms with Gasteiger partial charge in [0.25, 0.3) is 0 Å². The van der Waals surface area contributed by atoms with E-state index in [9.17, 15) is 4.79 Å². The second-order valence-electron chi connectivity index (χ2n) is 7.95. The topological polar surface area (TPSA) is 70.0 Å². The maximum Gasteiger partial charge on any atom is 0.343 e. The van der Waals surface area contributed by atoms with E-state index >= 15 is 0 Å². The molecule has 0 aliphatic heterocycles. The Morgan fingerprint density at radius 2 is 1.91 bits per heavy atom. The molecule has 6 heteroatoms. The van der Waals surface area contributed by atoms with Crippen LogP contribution in [0.15, 0.2) is 78.2 Å². The van der Waals surface area contributed by atoms with Gasteiger partial charge in [0, 0.05) is 23.5 Å². The van der Waals surface area contributed by atoms with Gasteiger partial charge >= 0.3 is 5.97 Å². The predicted molar refractivity (Wildman–Crippen MR) is 127 cm³/mol. The highest BCUT2D eigenvalue weighted by molar-refractivity contribution is 6.12. The van der Waals surface area contributed by atoms with Crippen LogP contribution in [0.5, 0.6) is 5.75 Å². The maximum atomic E-state index is 11.5. The Labute approximate surface area is 194 Å². The molecular weight excluding hydrogens is 416 g/mol. The molecule has 33 heavy (non-hydrogen) atoms. The number of fused-ring (bicyclic) bond motifs is 1. The minimum atomic E-state index is -0.380. The molecule has 1 aromatic heterocycles. The van der Waals surface area contributed by atoms with E-state index in [1.165, 1.54) is 18.2 Å². The van der Waals surface area contributed by atoms with Crippen molar-refractivity contribution >= 4 is 11.7 Å². The van der Waals surface area contributed by atoms with Crippen molar-refractivity contribution in [2.75, 3.05) is 20.3 Å². The van der Waals surface area contributed by atoms with Gasteiger partial charge in [0.05, 0.1) is 7.11 Å². The average molecular weight is 445 g/mol. The van der Waals surface area contributed by atoms with E-state index in [1.807, 2.05) is 54.6 Å². The Kier molecular flexibility index (Phi) is 7.69. The number of carbonyl (C=O) groups excluding carboxylic acids is 1. The minimum Gasteiger partial charge on any atom is -0.482 e. The van der Waals surface area contributed by atoms with Gasteiger partial charge in [-0.2, -0.15) is 0 Å². The fourth-order valence-electron chi connectivity index (χ4n) is 4.22. The molecule has 2 aromatic carbocycles. The average Bonchev–Trinajstić information content (AvgIpc) is 2.88. The lowest BCUT2D eigenvalue weighted by molar-refractivity contribution is -0.142. The van der Waals surface area contributed by atoms with Crippen molar-refractivity contribution in [2.45, 2.75) is 31.6 Å². The first-order valence-corrected chi connectivity index (χ1v) is 11.2. The molecule has 1 aliphatic carbocycles. The molecule has 0 N–H and O–H groups in total. The van der Waals surface area contributed by atoms with Crippen LogP contribution in [0.3, 0.4) is 0 Å². The van der Waals surface area contributed by atoms with Gasteiger partial charge in [-0.05, 0) is 60.9 Å². The summed E-state index contributed by atoms with van der Waals surface area (Å²) in [5, 5.41) is 4.48. The third-order valence-corrected chi connectivity index (χ3v) is 5.86. The van der Waals surface area contributed by atoms with Crippen molar-refractivity contribution in [3.05, 3.63) is 95.3 Å². The first-order valence-electron chi connectivity index (χ1n) is 11.2. The molecule has 0 bridgehead atoms. The second kappa shape index (κ2) is 11.3. The zero-order chi connectivity index (χ0) is 22.9. The molecule has 0 fully saturated rings. The lowest BCUT2D eigenvalue weighted by Crippen LogP contribution is -2.16. The SMILES string of the molecule is COC(=O)COc1cccc2c1CCCC2CCON=C(c1ccccc1)c1cccnc1. The molecule has 0 amide bonds. The summed E-state index contributed by atoms with van der Waals surface area (Å²) in [4.78, 5) is 21.5. The molecule has 1 atom stereocenters. The van der Waals surface area contributed by atoms with Crippen LogP contribution in [0.2, 0.25) is 0 Å². The summed E-state index contributed by atoms with van der Waals surface area (Å²) < 4.78 is 10.4. The fourth-order valence-corrected chi connectivity index (χ4v) is 4.22. The Hall–Kier alpha value is -3.67. The van der Waals surface area contributed by atoms with Gasteiger partial charge in [0.1, 0.15) is 18.1 Å². The summed E-state index contributed by atoms with van der Waals surface area (Å²) in [6.45, 7) is 0.431. The number of ether oxygens (including phenoxy) is 2. The van der Waals surface area contributed by atoms with Gasteiger partial charge in [-0.3, -0.25) is 4.98 Å². The lowest BCUT2D eigenvalue weighted by Gasteiger charge is -2.27. The number of benzene rings is 2. The number of pyridine rings is 1. The molecule has 0 saturated heterocycles. The van der Waals surface area contributed by atoms with Crippen molar-refractivity contribution in [1.29, 1.82) is 0 Å². The van der Waals surface area contributed by atoms with E-state index in [0.717, 1.165) is 48.3 Å². The molecule has 170 valence electrons. The van der Waals surface area contributed by atoms with Crippen LogP contribution >= 0.6 is 0 Å². The van der Waals surface area contributed by atoms with Crippen molar-refractivity contribution in [2.24, 2.45) is 5.16 Å². The number of hydrogen-bond donors (Lipinski definition) is 0. The Balaban J connectivity index is 1.44. The van der Waals surface area contributed by atoms with Crippen LogP contribution < -0.4 is 4.74 Å². The van der Waals surface area contributed by atoms with Crippen LogP contribution in [-0.4, -0.2) is 37.0 Å². The van der Waals surface area contributed by atoms with Crippen LogP contribution in [-0.2, 0) is 20.8 Å². The number of hydrogen-bond acceptors (Lipinski definition) is 6. The normalized spacial score (nSPS) is 15.4. The summed E-state index contributed by atoms with van der Waals surface area (Å²) in [7, 11) is 1.36. The molecule has 6 nitrogen and oxygen atoms in total. The molecule has 1 aliphatic rings. The molecule has 1 unspecified atom stereocenters. The first-order chi connectivity index (χ1) is 16.3. The van der Waals surface area contributed by atoms with Crippen molar-refractivity contribution in [3.63, 3.8) is 0 Å². The van der Waals surface area contributed by atoms with Crippen LogP contribution in [0.4, 0.5) is 0 Å². The molecular formula is C27H28N2O4. The number of oxime groups is 1. The van der Waals surface area contributed by atoms with Gasteiger partial charge in [-0.15, -0.1) is 0 Å². The molecule has 1 heterocycles. The van der Waals surface area contributed by atoms with Gasteiger partial charge < -0.3 is 14.3 Å². The lowest BCUT2D eigenvalue weighted by atomic mass is 9.81. The van der Waals surface area contributed by atoms with Crippen molar-refractivity contribution < 1.29 is 19.1 Å². The van der Waals surface area contributed by atoms with E-state index in [4.69, 9.17) is 9.57 Å². The Morgan fingerprint density at radius 1 is 1.06 bits per heavy atom. The Morgan fingerprint density at radius 3 is 2.70 bits per heavy atom.